The highest BCUT2D eigenvalue weighted by molar-refractivity contribution is 5.86. The smallest absolute Gasteiger partial charge is 0.197 e. The molecule has 3 aromatic heterocycles. The molecule has 4 heterocycles. The van der Waals surface area contributed by atoms with Crippen molar-refractivity contribution in [2.75, 3.05) is 6.61 Å². The number of benzene rings is 2. The summed E-state index contributed by atoms with van der Waals surface area (Å²) in [5.74, 6) is 1.09. The van der Waals surface area contributed by atoms with Crippen molar-refractivity contribution in [3.8, 4) is 17.2 Å². The second-order valence-electron chi connectivity index (χ2n) is 8.15. The molecule has 6 rings (SSSR count). The number of ether oxygens (including phenoxy) is 1. The van der Waals surface area contributed by atoms with Crippen molar-refractivity contribution in [2.45, 2.75) is 26.5 Å². The number of nitrogens with one attached hydrogen (secondary N) is 1. The number of halogens is 1. The summed E-state index contributed by atoms with van der Waals surface area (Å²) in [6.07, 6.45) is 3.44. The van der Waals surface area contributed by atoms with E-state index in [-0.39, 0.29) is 11.9 Å². The highest BCUT2D eigenvalue weighted by Gasteiger charge is 2.28. The van der Waals surface area contributed by atoms with Crippen LogP contribution < -0.4 is 0 Å². The molecule has 8 heteroatoms. The zero-order valence-electron chi connectivity index (χ0n) is 17.7. The molecule has 0 saturated heterocycles. The van der Waals surface area contributed by atoms with Crippen LogP contribution in [0.25, 0.3) is 28.1 Å². The Morgan fingerprint density at radius 1 is 1.12 bits per heavy atom. The molecule has 0 aliphatic carbocycles. The Morgan fingerprint density at radius 2 is 2.03 bits per heavy atom. The van der Waals surface area contributed by atoms with E-state index in [1.165, 1.54) is 12.1 Å². The zero-order valence-corrected chi connectivity index (χ0v) is 17.7. The Bertz CT molecular complexity index is 1460. The van der Waals surface area contributed by atoms with Crippen LogP contribution in [0.3, 0.4) is 0 Å². The number of hydrogen-bond donors (Lipinski definition) is 1. The second-order valence-corrected chi connectivity index (χ2v) is 8.15. The molecule has 1 unspecified atom stereocenters. The van der Waals surface area contributed by atoms with Crippen molar-refractivity contribution in [2.24, 2.45) is 0 Å². The van der Waals surface area contributed by atoms with Gasteiger partial charge < -0.3 is 14.3 Å². The van der Waals surface area contributed by atoms with E-state index in [4.69, 9.17) is 14.8 Å². The Labute approximate surface area is 183 Å². The summed E-state index contributed by atoms with van der Waals surface area (Å²) >= 11 is 0. The Kier molecular flexibility index (Phi) is 4.22. The molecule has 1 aliphatic heterocycles. The summed E-state index contributed by atoms with van der Waals surface area (Å²) in [7, 11) is 0. The Hall–Kier alpha value is -3.78. The van der Waals surface area contributed by atoms with Crippen LogP contribution in [-0.4, -0.2) is 35.9 Å². The van der Waals surface area contributed by atoms with Crippen molar-refractivity contribution in [3.63, 3.8) is 0 Å². The first kappa shape index (κ1) is 18.9. The molecule has 2 aromatic carbocycles. The number of aryl methyl sites for hydroxylation is 2. The third kappa shape index (κ3) is 3.11. The van der Waals surface area contributed by atoms with Crippen molar-refractivity contribution < 1.29 is 9.13 Å². The van der Waals surface area contributed by atoms with Crippen LogP contribution in [-0.2, 0) is 11.3 Å². The highest BCUT2D eigenvalue weighted by atomic mass is 19.1. The van der Waals surface area contributed by atoms with Crippen molar-refractivity contribution in [1.82, 2.24) is 29.3 Å². The monoisotopic (exact) mass is 428 g/mol. The minimum Gasteiger partial charge on any atom is -0.364 e. The summed E-state index contributed by atoms with van der Waals surface area (Å²) in [5.41, 5.74) is 5.61. The molecule has 0 fully saturated rings. The van der Waals surface area contributed by atoms with Crippen LogP contribution in [0.2, 0.25) is 0 Å². The maximum absolute atomic E-state index is 13.6. The standard InChI is InChI=1S/C24H21FN6O/c1-14-9-17(25)3-5-19(14)22-24-28-23(29-31(24)7-8-32-22)21-11-16-10-18(4-6-20(16)27-21)30-12-15(2)26-13-30/h3-6,9-13,22,27H,7-8H2,1-2H3. The summed E-state index contributed by atoms with van der Waals surface area (Å²) in [6, 6.07) is 13.0. The number of fused-ring (bicyclic) bond motifs is 2. The predicted molar refractivity (Wildman–Crippen MR) is 118 cm³/mol. The third-order valence-corrected chi connectivity index (χ3v) is 5.89. The van der Waals surface area contributed by atoms with Gasteiger partial charge in [-0.15, -0.1) is 5.10 Å². The molecule has 32 heavy (non-hydrogen) atoms. The van der Waals surface area contributed by atoms with E-state index in [9.17, 15) is 4.39 Å². The van der Waals surface area contributed by atoms with Crippen LogP contribution in [0.4, 0.5) is 4.39 Å². The molecule has 1 aliphatic rings. The lowest BCUT2D eigenvalue weighted by molar-refractivity contribution is 0.0386. The number of hydrogen-bond acceptors (Lipinski definition) is 4. The highest BCUT2D eigenvalue weighted by Crippen LogP contribution is 2.32. The van der Waals surface area contributed by atoms with Gasteiger partial charge in [-0.1, -0.05) is 6.07 Å². The number of nitrogens with zero attached hydrogens (tertiary/aromatic N) is 5. The lowest BCUT2D eigenvalue weighted by atomic mass is 10.0. The van der Waals surface area contributed by atoms with Gasteiger partial charge in [-0.2, -0.15) is 0 Å². The van der Waals surface area contributed by atoms with Gasteiger partial charge in [0.15, 0.2) is 11.6 Å². The topological polar surface area (TPSA) is 73.5 Å². The fraction of sp³-hybridized carbons (Fsp3) is 0.208. The molecular formula is C24H21FN6O. The van der Waals surface area contributed by atoms with E-state index in [0.29, 0.717) is 19.0 Å². The summed E-state index contributed by atoms with van der Waals surface area (Å²) in [5, 5.41) is 5.80. The van der Waals surface area contributed by atoms with Gasteiger partial charge in [-0.25, -0.2) is 19.0 Å². The van der Waals surface area contributed by atoms with Gasteiger partial charge in [0.25, 0.3) is 0 Å². The lowest BCUT2D eigenvalue weighted by Gasteiger charge is -2.24. The normalized spacial score (nSPS) is 15.9. The number of aromatic nitrogens is 6. The van der Waals surface area contributed by atoms with Gasteiger partial charge in [0, 0.05) is 22.8 Å². The molecule has 1 atom stereocenters. The van der Waals surface area contributed by atoms with E-state index < -0.39 is 0 Å². The molecule has 1 N–H and O–H groups in total. The van der Waals surface area contributed by atoms with Gasteiger partial charge in [0.05, 0.1) is 30.9 Å². The van der Waals surface area contributed by atoms with E-state index in [1.807, 2.05) is 41.7 Å². The number of H-pyrrole nitrogens is 1. The summed E-state index contributed by atoms with van der Waals surface area (Å²) in [4.78, 5) is 12.5. The SMILES string of the molecule is Cc1cn(-c2ccc3[nH]c(-c4nc5n(n4)CCOC5c4ccc(F)cc4C)cc3c2)cn1. The fourth-order valence-corrected chi connectivity index (χ4v) is 4.28. The van der Waals surface area contributed by atoms with Crippen LogP contribution >= 0.6 is 0 Å². The molecule has 7 nitrogen and oxygen atoms in total. The van der Waals surface area contributed by atoms with E-state index >= 15 is 0 Å². The van der Waals surface area contributed by atoms with Crippen LogP contribution in [0.15, 0.2) is 55.0 Å². The van der Waals surface area contributed by atoms with Gasteiger partial charge in [-0.3, -0.25) is 0 Å². The number of imidazole rings is 1. The molecule has 160 valence electrons. The first-order valence-electron chi connectivity index (χ1n) is 10.5. The van der Waals surface area contributed by atoms with Gasteiger partial charge in [0.1, 0.15) is 11.9 Å². The molecule has 0 spiro atoms. The summed E-state index contributed by atoms with van der Waals surface area (Å²) in [6.45, 7) is 5.01. The van der Waals surface area contributed by atoms with Crippen molar-refractivity contribution in [1.29, 1.82) is 0 Å². The zero-order chi connectivity index (χ0) is 21.8. The Balaban J connectivity index is 1.39. The second kappa shape index (κ2) is 7.13. The molecule has 0 amide bonds. The maximum Gasteiger partial charge on any atom is 0.197 e. The molecule has 0 saturated carbocycles. The van der Waals surface area contributed by atoms with Gasteiger partial charge in [0.2, 0.25) is 0 Å². The first-order valence-corrected chi connectivity index (χ1v) is 10.5. The maximum atomic E-state index is 13.6. The average molecular weight is 428 g/mol. The molecule has 5 aromatic rings. The average Bonchev–Trinajstić information content (AvgIpc) is 3.50. The van der Waals surface area contributed by atoms with E-state index in [0.717, 1.165) is 44.9 Å². The van der Waals surface area contributed by atoms with Gasteiger partial charge >= 0.3 is 0 Å². The van der Waals surface area contributed by atoms with Gasteiger partial charge in [-0.05, 0) is 61.4 Å². The predicted octanol–water partition coefficient (Wildman–Crippen LogP) is 4.49. The van der Waals surface area contributed by atoms with Crippen molar-refractivity contribution >= 4 is 10.9 Å². The summed E-state index contributed by atoms with van der Waals surface area (Å²) < 4.78 is 23.5. The van der Waals surface area contributed by atoms with Crippen LogP contribution in [0.1, 0.15) is 28.7 Å². The molecule has 0 radical (unpaired) electrons. The fourth-order valence-electron chi connectivity index (χ4n) is 4.28. The number of aromatic amines is 1. The first-order chi connectivity index (χ1) is 15.5. The minimum absolute atomic E-state index is 0.257. The van der Waals surface area contributed by atoms with Crippen molar-refractivity contribution in [3.05, 3.63) is 83.5 Å². The van der Waals surface area contributed by atoms with Crippen LogP contribution in [0.5, 0.6) is 0 Å². The molecular weight excluding hydrogens is 407 g/mol. The van der Waals surface area contributed by atoms with E-state index in [1.54, 1.807) is 6.07 Å². The largest absolute Gasteiger partial charge is 0.364 e. The minimum atomic E-state index is -0.369. The Morgan fingerprint density at radius 3 is 2.84 bits per heavy atom. The lowest BCUT2D eigenvalue weighted by Crippen LogP contribution is -2.24. The van der Waals surface area contributed by atoms with E-state index in [2.05, 4.69) is 28.2 Å². The number of rotatable bonds is 3. The third-order valence-electron chi connectivity index (χ3n) is 5.89. The quantitative estimate of drug-likeness (QED) is 0.460. The van der Waals surface area contributed by atoms with Crippen LogP contribution in [0, 0.1) is 19.7 Å². The molecule has 0 bridgehead atoms.